The lowest BCUT2D eigenvalue weighted by Crippen LogP contribution is -2.11. The summed E-state index contributed by atoms with van der Waals surface area (Å²) in [7, 11) is 0. The predicted molar refractivity (Wildman–Crippen MR) is 123 cm³/mol. The van der Waals surface area contributed by atoms with E-state index in [1.54, 1.807) is 41.2 Å². The van der Waals surface area contributed by atoms with Crippen molar-refractivity contribution in [2.45, 2.75) is 0 Å². The maximum atomic E-state index is 12.1. The fourth-order valence-corrected chi connectivity index (χ4v) is 3.12. The van der Waals surface area contributed by atoms with Gasteiger partial charge in [-0.2, -0.15) is 5.10 Å². The summed E-state index contributed by atoms with van der Waals surface area (Å²) in [6, 6.07) is 23.7. The summed E-state index contributed by atoms with van der Waals surface area (Å²) in [6.45, 7) is 3.44. The van der Waals surface area contributed by atoms with Gasteiger partial charge in [0.15, 0.2) is 0 Å². The number of carbonyl (C=O) groups excluding carboxylic acids is 2. The quantitative estimate of drug-likeness (QED) is 0.425. The van der Waals surface area contributed by atoms with E-state index < -0.39 is 5.91 Å². The summed E-state index contributed by atoms with van der Waals surface area (Å²) in [5, 5.41) is 7.27. The van der Waals surface area contributed by atoms with Gasteiger partial charge in [0.2, 0.25) is 5.91 Å². The highest BCUT2D eigenvalue weighted by Crippen LogP contribution is 2.28. The number of aromatic nitrogens is 2. The number of primary amides is 1. The lowest BCUT2D eigenvalue weighted by atomic mass is 10.1. The second-order valence-electron chi connectivity index (χ2n) is 6.88. The summed E-state index contributed by atoms with van der Waals surface area (Å²) < 4.78 is 7.37. The number of nitrogens with zero attached hydrogens (tertiary/aromatic N) is 2. The zero-order valence-corrected chi connectivity index (χ0v) is 17.1. The molecular weight excluding hydrogens is 404 g/mol. The minimum absolute atomic E-state index is 0.280. The van der Waals surface area contributed by atoms with E-state index >= 15 is 0 Å². The standard InChI is InChI=1S/C25H20N4O3/c1-2-23(30)27-18-7-6-8-19(15-18)29-16-22(25(26)31)24(28-29)17-11-13-21(14-12-17)32-20-9-4-3-5-10-20/h2-16H,1H2,(H2,26,31)(H,27,30). The van der Waals surface area contributed by atoms with Gasteiger partial charge in [-0.25, -0.2) is 4.68 Å². The molecule has 3 aromatic carbocycles. The Bertz CT molecular complexity index is 1280. The molecule has 0 aliphatic heterocycles. The van der Waals surface area contributed by atoms with Crippen LogP contribution in [0.5, 0.6) is 11.5 Å². The molecule has 1 heterocycles. The smallest absolute Gasteiger partial charge is 0.252 e. The second kappa shape index (κ2) is 9.01. The van der Waals surface area contributed by atoms with Gasteiger partial charge in [0.05, 0.1) is 11.3 Å². The molecule has 7 heteroatoms. The molecule has 0 unspecified atom stereocenters. The molecule has 0 atom stereocenters. The number of anilines is 1. The molecule has 0 bridgehead atoms. The zero-order chi connectivity index (χ0) is 22.5. The monoisotopic (exact) mass is 424 g/mol. The van der Waals surface area contributed by atoms with Gasteiger partial charge >= 0.3 is 0 Å². The Balaban J connectivity index is 1.64. The first kappa shape index (κ1) is 20.6. The number of ether oxygens (including phenoxy) is 1. The fourth-order valence-electron chi connectivity index (χ4n) is 3.12. The van der Waals surface area contributed by atoms with Crippen LogP contribution in [-0.4, -0.2) is 21.6 Å². The molecule has 1 aromatic heterocycles. The zero-order valence-electron chi connectivity index (χ0n) is 17.1. The van der Waals surface area contributed by atoms with Crippen molar-refractivity contribution in [1.82, 2.24) is 9.78 Å². The average molecular weight is 424 g/mol. The summed E-state index contributed by atoms with van der Waals surface area (Å²) in [6.07, 6.45) is 2.76. The van der Waals surface area contributed by atoms with Crippen LogP contribution in [-0.2, 0) is 4.79 Å². The van der Waals surface area contributed by atoms with Gasteiger partial charge in [0, 0.05) is 17.4 Å². The molecule has 2 amide bonds. The van der Waals surface area contributed by atoms with Crippen LogP contribution in [0.1, 0.15) is 10.4 Å². The van der Waals surface area contributed by atoms with Crippen molar-refractivity contribution in [3.05, 3.63) is 103 Å². The van der Waals surface area contributed by atoms with E-state index in [-0.39, 0.29) is 11.5 Å². The van der Waals surface area contributed by atoms with Crippen LogP contribution < -0.4 is 15.8 Å². The van der Waals surface area contributed by atoms with E-state index in [0.29, 0.717) is 28.4 Å². The molecule has 7 nitrogen and oxygen atoms in total. The largest absolute Gasteiger partial charge is 0.457 e. The van der Waals surface area contributed by atoms with Crippen LogP contribution in [0.2, 0.25) is 0 Å². The molecule has 0 spiro atoms. The Morgan fingerprint density at radius 1 is 0.969 bits per heavy atom. The molecule has 0 radical (unpaired) electrons. The van der Waals surface area contributed by atoms with Crippen LogP contribution in [0, 0.1) is 0 Å². The van der Waals surface area contributed by atoms with Crippen molar-refractivity contribution >= 4 is 17.5 Å². The van der Waals surface area contributed by atoms with Crippen LogP contribution in [0.4, 0.5) is 5.69 Å². The summed E-state index contributed by atoms with van der Waals surface area (Å²) >= 11 is 0. The van der Waals surface area contributed by atoms with Crippen LogP contribution >= 0.6 is 0 Å². The third-order valence-electron chi connectivity index (χ3n) is 4.65. The van der Waals surface area contributed by atoms with Gasteiger partial charge in [0.1, 0.15) is 17.2 Å². The molecule has 4 rings (SSSR count). The molecule has 158 valence electrons. The molecule has 0 aliphatic carbocycles. The molecule has 0 fully saturated rings. The van der Waals surface area contributed by atoms with Gasteiger partial charge in [-0.1, -0.05) is 30.8 Å². The van der Waals surface area contributed by atoms with Crippen LogP contribution in [0.3, 0.4) is 0 Å². The predicted octanol–water partition coefficient (Wildman–Crippen LogP) is 4.56. The molecule has 32 heavy (non-hydrogen) atoms. The number of rotatable bonds is 7. The molecular formula is C25H20N4O3. The van der Waals surface area contributed by atoms with E-state index in [9.17, 15) is 9.59 Å². The highest BCUT2D eigenvalue weighted by molar-refractivity contribution is 5.99. The molecule has 0 saturated carbocycles. The van der Waals surface area contributed by atoms with E-state index in [1.807, 2.05) is 48.5 Å². The molecule has 3 N–H and O–H groups in total. The number of nitrogens with one attached hydrogen (secondary N) is 1. The molecule has 4 aromatic rings. The number of para-hydroxylation sites is 1. The average Bonchev–Trinajstić information content (AvgIpc) is 3.26. The van der Waals surface area contributed by atoms with Crippen molar-refractivity contribution in [2.75, 3.05) is 5.32 Å². The first-order valence-corrected chi connectivity index (χ1v) is 9.80. The molecule has 0 saturated heterocycles. The lowest BCUT2D eigenvalue weighted by molar-refractivity contribution is -0.111. The van der Waals surface area contributed by atoms with E-state index in [0.717, 1.165) is 5.75 Å². The number of carbonyl (C=O) groups is 2. The van der Waals surface area contributed by atoms with Gasteiger partial charge < -0.3 is 15.8 Å². The maximum absolute atomic E-state index is 12.1. The van der Waals surface area contributed by atoms with Crippen molar-refractivity contribution in [2.24, 2.45) is 5.73 Å². The van der Waals surface area contributed by atoms with Crippen LogP contribution in [0.25, 0.3) is 16.9 Å². The minimum Gasteiger partial charge on any atom is -0.457 e. The Hall–Kier alpha value is -4.65. The van der Waals surface area contributed by atoms with Crippen molar-refractivity contribution in [3.8, 4) is 28.4 Å². The summed E-state index contributed by atoms with van der Waals surface area (Å²) in [5.41, 5.74) is 8.28. The van der Waals surface area contributed by atoms with E-state index in [2.05, 4.69) is 17.0 Å². The third kappa shape index (κ3) is 4.57. The van der Waals surface area contributed by atoms with Crippen molar-refractivity contribution < 1.29 is 14.3 Å². The fraction of sp³-hybridized carbons (Fsp3) is 0. The highest BCUT2D eigenvalue weighted by atomic mass is 16.5. The maximum Gasteiger partial charge on any atom is 0.252 e. The Kier molecular flexibility index (Phi) is 5.81. The number of hydrogen-bond donors (Lipinski definition) is 2. The van der Waals surface area contributed by atoms with Crippen molar-refractivity contribution in [1.29, 1.82) is 0 Å². The van der Waals surface area contributed by atoms with Gasteiger partial charge in [-0.3, -0.25) is 9.59 Å². The third-order valence-corrected chi connectivity index (χ3v) is 4.65. The number of benzene rings is 3. The van der Waals surface area contributed by atoms with Gasteiger partial charge in [-0.05, 0) is 60.7 Å². The number of amides is 2. The normalized spacial score (nSPS) is 10.4. The Morgan fingerprint density at radius 2 is 1.69 bits per heavy atom. The van der Waals surface area contributed by atoms with E-state index in [1.165, 1.54) is 6.08 Å². The second-order valence-corrected chi connectivity index (χ2v) is 6.88. The minimum atomic E-state index is -0.591. The Labute approximate surface area is 184 Å². The first-order valence-electron chi connectivity index (χ1n) is 9.80. The lowest BCUT2D eigenvalue weighted by Gasteiger charge is -2.07. The van der Waals surface area contributed by atoms with Crippen molar-refractivity contribution in [3.63, 3.8) is 0 Å². The molecule has 0 aliphatic rings. The van der Waals surface area contributed by atoms with Gasteiger partial charge in [-0.15, -0.1) is 0 Å². The summed E-state index contributed by atoms with van der Waals surface area (Å²) in [5.74, 6) is 0.474. The number of hydrogen-bond acceptors (Lipinski definition) is 4. The van der Waals surface area contributed by atoms with Crippen LogP contribution in [0.15, 0.2) is 97.7 Å². The topological polar surface area (TPSA) is 99.2 Å². The first-order chi connectivity index (χ1) is 15.5. The SMILES string of the molecule is C=CC(=O)Nc1cccc(-n2cc(C(N)=O)c(-c3ccc(Oc4ccccc4)cc3)n2)c1. The Morgan fingerprint density at radius 3 is 2.38 bits per heavy atom. The van der Waals surface area contributed by atoms with E-state index in [4.69, 9.17) is 10.5 Å². The van der Waals surface area contributed by atoms with Gasteiger partial charge in [0.25, 0.3) is 5.91 Å². The highest BCUT2D eigenvalue weighted by Gasteiger charge is 2.17. The summed E-state index contributed by atoms with van der Waals surface area (Å²) in [4.78, 5) is 23.7. The number of nitrogens with two attached hydrogens (primary N) is 1.